The van der Waals surface area contributed by atoms with E-state index < -0.39 is 5.56 Å². The smallest absolute Gasteiger partial charge is 0.310 e. The molecule has 0 spiro atoms. The number of esters is 1. The van der Waals surface area contributed by atoms with Crippen molar-refractivity contribution in [3.63, 3.8) is 0 Å². The first-order valence-corrected chi connectivity index (χ1v) is 6.11. The average Bonchev–Trinajstić information content (AvgIpc) is 2.30. The molecule has 1 atom stereocenters. The molecular formula is C13H17ClO3. The van der Waals surface area contributed by atoms with E-state index in [-0.39, 0.29) is 12.4 Å². The summed E-state index contributed by atoms with van der Waals surface area (Å²) in [4.78, 5) is 11.3. The van der Waals surface area contributed by atoms with Crippen molar-refractivity contribution >= 4 is 17.6 Å². The Labute approximate surface area is 107 Å². The predicted molar refractivity (Wildman–Crippen MR) is 67.0 cm³/mol. The van der Waals surface area contributed by atoms with Gasteiger partial charge >= 0.3 is 5.97 Å². The van der Waals surface area contributed by atoms with Crippen LogP contribution in [0, 0.1) is 0 Å². The zero-order valence-corrected chi connectivity index (χ0v) is 10.9. The molecule has 0 heterocycles. The third-order valence-electron chi connectivity index (χ3n) is 2.21. The third-order valence-corrected chi connectivity index (χ3v) is 2.59. The molecular weight excluding hydrogens is 240 g/mol. The van der Waals surface area contributed by atoms with Crippen molar-refractivity contribution in [1.82, 2.24) is 0 Å². The first kappa shape index (κ1) is 14.0. The summed E-state index contributed by atoms with van der Waals surface area (Å²) in [6, 6.07) is 7.45. The molecule has 0 fully saturated rings. The van der Waals surface area contributed by atoms with Gasteiger partial charge in [0.1, 0.15) is 0 Å². The van der Waals surface area contributed by atoms with E-state index in [1.807, 2.05) is 31.2 Å². The molecule has 0 radical (unpaired) electrons. The Bertz CT molecular complexity index is 348. The van der Waals surface area contributed by atoms with Gasteiger partial charge < -0.3 is 9.47 Å². The minimum atomic E-state index is -0.434. The highest BCUT2D eigenvalue weighted by molar-refractivity contribution is 6.19. The van der Waals surface area contributed by atoms with E-state index >= 15 is 0 Å². The van der Waals surface area contributed by atoms with E-state index in [1.165, 1.54) is 0 Å². The van der Waals surface area contributed by atoms with Crippen LogP contribution in [0.4, 0.5) is 0 Å². The second-order valence-corrected chi connectivity index (χ2v) is 3.89. The molecule has 0 amide bonds. The fourth-order valence-electron chi connectivity index (χ4n) is 1.41. The van der Waals surface area contributed by atoms with Crippen molar-refractivity contribution in [2.24, 2.45) is 0 Å². The van der Waals surface area contributed by atoms with E-state index in [0.717, 1.165) is 11.1 Å². The van der Waals surface area contributed by atoms with Crippen molar-refractivity contribution in [3.05, 3.63) is 35.4 Å². The molecule has 0 saturated carbocycles. The molecule has 0 aliphatic rings. The normalized spacial score (nSPS) is 12.2. The molecule has 1 aromatic carbocycles. The highest BCUT2D eigenvalue weighted by atomic mass is 35.5. The van der Waals surface area contributed by atoms with Crippen LogP contribution in [0.5, 0.6) is 0 Å². The van der Waals surface area contributed by atoms with Gasteiger partial charge in [-0.15, -0.1) is 0 Å². The number of alkyl halides is 1. The highest BCUT2D eigenvalue weighted by Gasteiger charge is 2.08. The zero-order chi connectivity index (χ0) is 12.7. The maximum absolute atomic E-state index is 11.3. The molecule has 0 bridgehead atoms. The van der Waals surface area contributed by atoms with Gasteiger partial charge in [0.05, 0.1) is 13.0 Å². The maximum atomic E-state index is 11.3. The lowest BCUT2D eigenvalue weighted by Crippen LogP contribution is -2.07. The van der Waals surface area contributed by atoms with Crippen molar-refractivity contribution in [3.8, 4) is 0 Å². The summed E-state index contributed by atoms with van der Waals surface area (Å²) in [7, 11) is 0. The molecule has 3 nitrogen and oxygen atoms in total. The van der Waals surface area contributed by atoms with E-state index in [4.69, 9.17) is 21.1 Å². The summed E-state index contributed by atoms with van der Waals surface area (Å²) >= 11 is 6.00. The van der Waals surface area contributed by atoms with Crippen LogP contribution in [0.1, 0.15) is 30.5 Å². The minimum Gasteiger partial charge on any atom is -0.466 e. The Kier molecular flexibility index (Phi) is 6.01. The first-order valence-electron chi connectivity index (χ1n) is 5.67. The Hall–Kier alpha value is -1.06. The molecule has 0 N–H and O–H groups in total. The highest BCUT2D eigenvalue weighted by Crippen LogP contribution is 2.21. The standard InChI is InChI=1S/C13H17ClO3/c1-3-16-12(15)9-10-5-7-11(8-6-10)13(14)17-4-2/h5-8,13H,3-4,9H2,1-2H3. The molecule has 94 valence electrons. The fraction of sp³-hybridized carbons (Fsp3) is 0.462. The lowest BCUT2D eigenvalue weighted by molar-refractivity contribution is -0.142. The number of benzene rings is 1. The van der Waals surface area contributed by atoms with Gasteiger partial charge in [-0.3, -0.25) is 4.79 Å². The molecule has 17 heavy (non-hydrogen) atoms. The third kappa shape index (κ3) is 4.75. The van der Waals surface area contributed by atoms with Crippen LogP contribution in [0.3, 0.4) is 0 Å². The zero-order valence-electron chi connectivity index (χ0n) is 10.1. The first-order chi connectivity index (χ1) is 8.17. The summed E-state index contributed by atoms with van der Waals surface area (Å²) in [6.45, 7) is 4.66. The van der Waals surface area contributed by atoms with Crippen LogP contribution in [0.25, 0.3) is 0 Å². The van der Waals surface area contributed by atoms with E-state index in [1.54, 1.807) is 6.92 Å². The maximum Gasteiger partial charge on any atom is 0.310 e. The Morgan fingerprint density at radius 2 is 1.88 bits per heavy atom. The number of hydrogen-bond acceptors (Lipinski definition) is 3. The van der Waals surface area contributed by atoms with Gasteiger partial charge in [0.25, 0.3) is 0 Å². The number of rotatable bonds is 6. The fourth-order valence-corrected chi connectivity index (χ4v) is 1.68. The molecule has 0 aliphatic heterocycles. The van der Waals surface area contributed by atoms with Gasteiger partial charge in [0.15, 0.2) is 5.56 Å². The average molecular weight is 257 g/mol. The van der Waals surface area contributed by atoms with E-state index in [9.17, 15) is 4.79 Å². The van der Waals surface area contributed by atoms with Gasteiger partial charge in [0.2, 0.25) is 0 Å². The Balaban J connectivity index is 2.58. The molecule has 1 unspecified atom stereocenters. The number of ether oxygens (including phenoxy) is 2. The van der Waals surface area contributed by atoms with Gasteiger partial charge in [0, 0.05) is 6.61 Å². The Morgan fingerprint density at radius 3 is 2.41 bits per heavy atom. The van der Waals surface area contributed by atoms with Crippen LogP contribution >= 0.6 is 11.6 Å². The van der Waals surface area contributed by atoms with Crippen LogP contribution in [-0.2, 0) is 20.7 Å². The van der Waals surface area contributed by atoms with Crippen molar-refractivity contribution in [2.45, 2.75) is 25.8 Å². The summed E-state index contributed by atoms with van der Waals surface area (Å²) in [5, 5.41) is 0. The molecule has 0 aliphatic carbocycles. The van der Waals surface area contributed by atoms with Gasteiger partial charge in [-0.2, -0.15) is 0 Å². The van der Waals surface area contributed by atoms with Crippen LogP contribution in [-0.4, -0.2) is 19.2 Å². The molecule has 4 heteroatoms. The number of hydrogen-bond donors (Lipinski definition) is 0. The molecule has 1 rings (SSSR count). The number of halogens is 1. The second-order valence-electron chi connectivity index (χ2n) is 3.49. The van der Waals surface area contributed by atoms with E-state index in [0.29, 0.717) is 13.2 Å². The lowest BCUT2D eigenvalue weighted by Gasteiger charge is -2.10. The van der Waals surface area contributed by atoms with Gasteiger partial charge in [-0.1, -0.05) is 35.9 Å². The summed E-state index contributed by atoms with van der Waals surface area (Å²) in [6.07, 6.45) is 0.287. The second kappa shape index (κ2) is 7.30. The van der Waals surface area contributed by atoms with Crippen molar-refractivity contribution < 1.29 is 14.3 Å². The van der Waals surface area contributed by atoms with Crippen LogP contribution in [0.2, 0.25) is 0 Å². The number of carbonyl (C=O) groups excluding carboxylic acids is 1. The van der Waals surface area contributed by atoms with Crippen LogP contribution in [0.15, 0.2) is 24.3 Å². The predicted octanol–water partition coefficient (Wildman–Crippen LogP) is 3.07. The summed E-state index contributed by atoms with van der Waals surface area (Å²) in [5.41, 5.74) is 1.37. The van der Waals surface area contributed by atoms with Crippen molar-refractivity contribution in [2.75, 3.05) is 13.2 Å². The molecule has 0 saturated heterocycles. The quantitative estimate of drug-likeness (QED) is 0.580. The minimum absolute atomic E-state index is 0.215. The monoisotopic (exact) mass is 256 g/mol. The summed E-state index contributed by atoms with van der Waals surface area (Å²) in [5.74, 6) is -0.215. The Morgan fingerprint density at radius 1 is 1.24 bits per heavy atom. The van der Waals surface area contributed by atoms with E-state index in [2.05, 4.69) is 0 Å². The number of carbonyl (C=O) groups is 1. The van der Waals surface area contributed by atoms with Gasteiger partial charge in [-0.05, 0) is 25.0 Å². The van der Waals surface area contributed by atoms with Crippen LogP contribution < -0.4 is 0 Å². The van der Waals surface area contributed by atoms with Crippen molar-refractivity contribution in [1.29, 1.82) is 0 Å². The molecule has 1 aromatic rings. The van der Waals surface area contributed by atoms with Gasteiger partial charge in [-0.25, -0.2) is 0 Å². The summed E-state index contributed by atoms with van der Waals surface area (Å²) < 4.78 is 10.1. The molecule has 0 aromatic heterocycles. The lowest BCUT2D eigenvalue weighted by atomic mass is 10.1. The largest absolute Gasteiger partial charge is 0.466 e. The topological polar surface area (TPSA) is 35.5 Å². The SMILES string of the molecule is CCOC(=O)Cc1ccc(C(Cl)OCC)cc1.